The van der Waals surface area contributed by atoms with Crippen molar-refractivity contribution in [3.63, 3.8) is 0 Å². The van der Waals surface area contributed by atoms with Crippen LogP contribution in [0.25, 0.3) is 11.3 Å². The molecule has 2 aliphatic rings. The van der Waals surface area contributed by atoms with Gasteiger partial charge in [-0.15, -0.1) is 0 Å². The first kappa shape index (κ1) is 29.5. The fourth-order valence-corrected chi connectivity index (χ4v) is 5.48. The maximum atomic E-state index is 13.2. The van der Waals surface area contributed by atoms with Gasteiger partial charge in [0.2, 0.25) is 5.91 Å². The number of anilines is 2. The zero-order valence-corrected chi connectivity index (χ0v) is 24.3. The van der Waals surface area contributed by atoms with Crippen LogP contribution in [0.15, 0.2) is 66.7 Å². The summed E-state index contributed by atoms with van der Waals surface area (Å²) in [5.74, 6) is -1.47. The molecule has 0 aromatic heterocycles. The number of nitrogens with zero attached hydrogens (tertiary/aromatic N) is 2. The third kappa shape index (κ3) is 6.76. The minimum absolute atomic E-state index is 0.0981. The summed E-state index contributed by atoms with van der Waals surface area (Å²) in [6, 6.07) is 19.7. The van der Waals surface area contributed by atoms with Gasteiger partial charge in [0.1, 0.15) is 0 Å². The molecule has 0 saturated carbocycles. The highest BCUT2D eigenvalue weighted by atomic mass is 16.4. The Balaban J connectivity index is 1.30. The third-order valence-corrected chi connectivity index (χ3v) is 7.82. The normalized spacial score (nSPS) is 16.1. The first-order chi connectivity index (χ1) is 20.7. The van der Waals surface area contributed by atoms with Gasteiger partial charge in [-0.3, -0.25) is 19.3 Å². The van der Waals surface area contributed by atoms with Gasteiger partial charge in [-0.25, -0.2) is 4.79 Å². The third-order valence-electron chi connectivity index (χ3n) is 7.82. The molecule has 0 spiro atoms. The van der Waals surface area contributed by atoms with E-state index >= 15 is 0 Å². The molecule has 0 aliphatic carbocycles. The zero-order chi connectivity index (χ0) is 30.5. The number of amides is 3. The predicted octanol–water partition coefficient (Wildman–Crippen LogP) is 3.91. The molecule has 0 atom stereocenters. The van der Waals surface area contributed by atoms with Gasteiger partial charge in [-0.05, 0) is 67.4 Å². The molecule has 1 fully saturated rings. The lowest BCUT2D eigenvalue weighted by molar-refractivity contribution is -0.128. The van der Waals surface area contributed by atoms with Crippen LogP contribution in [0.2, 0.25) is 0 Å². The first-order valence-electron chi connectivity index (χ1n) is 14.3. The monoisotopic (exact) mass is 581 g/mol. The Labute approximate surface area is 250 Å². The molecule has 2 aliphatic heterocycles. The molecule has 43 heavy (non-hydrogen) atoms. The lowest BCUT2D eigenvalue weighted by Gasteiger charge is -2.21. The molecule has 3 aromatic rings. The molecule has 222 valence electrons. The van der Waals surface area contributed by atoms with Crippen molar-refractivity contribution in [2.75, 3.05) is 49.9 Å². The van der Waals surface area contributed by atoms with Crippen LogP contribution in [-0.2, 0) is 9.59 Å². The van der Waals surface area contributed by atoms with Crippen LogP contribution in [0.1, 0.15) is 50.8 Å². The standard InChI is InChI=1S/C33H35N5O5/c1-21-19-27-28(20-26(21)33(42)43)36-32(41)29(27)30(23-7-4-3-5-8-23)35-25-11-9-24(10-12-25)31(40)34-13-16-37-14-6-15-38(18-17-37)22(2)39/h3-5,7-12,19-20,35H,6,13-18H2,1-2H3,(H,34,40)(H,36,41)(H,42,43)/b30-29+. The van der Waals surface area contributed by atoms with E-state index in [4.69, 9.17) is 0 Å². The van der Waals surface area contributed by atoms with E-state index in [0.29, 0.717) is 59.0 Å². The summed E-state index contributed by atoms with van der Waals surface area (Å²) in [5, 5.41) is 18.7. The van der Waals surface area contributed by atoms with Crippen molar-refractivity contribution < 1.29 is 24.3 Å². The number of carbonyl (C=O) groups excluding carboxylic acids is 3. The van der Waals surface area contributed by atoms with Gasteiger partial charge in [-0.1, -0.05) is 30.3 Å². The molecule has 2 heterocycles. The number of fused-ring (bicyclic) bond motifs is 1. The van der Waals surface area contributed by atoms with Gasteiger partial charge in [0.25, 0.3) is 11.8 Å². The number of rotatable bonds is 8. The molecular weight excluding hydrogens is 546 g/mol. The van der Waals surface area contributed by atoms with Crippen LogP contribution in [0.5, 0.6) is 0 Å². The number of hydrogen-bond donors (Lipinski definition) is 4. The Kier molecular flexibility index (Phi) is 8.87. The highest BCUT2D eigenvalue weighted by Gasteiger charge is 2.30. The van der Waals surface area contributed by atoms with Crippen molar-refractivity contribution in [2.45, 2.75) is 20.3 Å². The van der Waals surface area contributed by atoms with E-state index in [1.54, 1.807) is 44.2 Å². The molecule has 1 saturated heterocycles. The van der Waals surface area contributed by atoms with Crippen molar-refractivity contribution in [2.24, 2.45) is 0 Å². The largest absolute Gasteiger partial charge is 0.478 e. The molecule has 4 N–H and O–H groups in total. The molecule has 0 unspecified atom stereocenters. The van der Waals surface area contributed by atoms with Gasteiger partial charge in [-0.2, -0.15) is 0 Å². The lowest BCUT2D eigenvalue weighted by Crippen LogP contribution is -2.37. The SMILES string of the molecule is CC(=O)N1CCCN(CCNC(=O)c2ccc(N/C(=C3/C(=O)Nc4cc(C(=O)O)c(C)cc43)c3ccccc3)cc2)CC1. The van der Waals surface area contributed by atoms with Crippen LogP contribution in [0.4, 0.5) is 11.4 Å². The topological polar surface area (TPSA) is 131 Å². The van der Waals surface area contributed by atoms with E-state index < -0.39 is 5.97 Å². The molecule has 0 radical (unpaired) electrons. The second-order valence-corrected chi connectivity index (χ2v) is 10.7. The minimum atomic E-state index is -1.06. The van der Waals surface area contributed by atoms with Crippen molar-refractivity contribution in [3.8, 4) is 0 Å². The van der Waals surface area contributed by atoms with E-state index in [1.807, 2.05) is 35.2 Å². The van der Waals surface area contributed by atoms with Crippen LogP contribution in [-0.4, -0.2) is 77.9 Å². The Morgan fingerprint density at radius 3 is 2.37 bits per heavy atom. The lowest BCUT2D eigenvalue weighted by atomic mass is 9.96. The van der Waals surface area contributed by atoms with Crippen molar-refractivity contribution in [1.82, 2.24) is 15.1 Å². The molecule has 5 rings (SSSR count). The maximum Gasteiger partial charge on any atom is 0.336 e. The molecule has 3 aromatic carbocycles. The number of aryl methyl sites for hydroxylation is 1. The van der Waals surface area contributed by atoms with Crippen molar-refractivity contribution in [3.05, 3.63) is 94.5 Å². The van der Waals surface area contributed by atoms with E-state index in [1.165, 1.54) is 6.07 Å². The summed E-state index contributed by atoms with van der Waals surface area (Å²) < 4.78 is 0. The van der Waals surface area contributed by atoms with Gasteiger partial charge in [0.15, 0.2) is 0 Å². The Morgan fingerprint density at radius 2 is 1.67 bits per heavy atom. The summed E-state index contributed by atoms with van der Waals surface area (Å²) >= 11 is 0. The summed E-state index contributed by atoms with van der Waals surface area (Å²) in [6.07, 6.45) is 0.916. The van der Waals surface area contributed by atoms with Crippen LogP contribution < -0.4 is 16.0 Å². The van der Waals surface area contributed by atoms with Crippen LogP contribution >= 0.6 is 0 Å². The van der Waals surface area contributed by atoms with Gasteiger partial charge in [0, 0.05) is 56.5 Å². The van der Waals surface area contributed by atoms with Crippen LogP contribution in [0, 0.1) is 6.92 Å². The highest BCUT2D eigenvalue weighted by Crippen LogP contribution is 2.39. The molecule has 10 nitrogen and oxygen atoms in total. The quantitative estimate of drug-likeness (QED) is 0.297. The molecular formula is C33H35N5O5. The first-order valence-corrected chi connectivity index (χ1v) is 14.3. The second-order valence-electron chi connectivity index (χ2n) is 10.7. The van der Waals surface area contributed by atoms with Gasteiger partial charge in [0.05, 0.1) is 22.5 Å². The smallest absolute Gasteiger partial charge is 0.336 e. The Morgan fingerprint density at radius 1 is 0.930 bits per heavy atom. The van der Waals surface area contributed by atoms with Crippen LogP contribution in [0.3, 0.4) is 0 Å². The Hall–Kier alpha value is -4.96. The predicted molar refractivity (Wildman–Crippen MR) is 166 cm³/mol. The molecule has 0 bridgehead atoms. The number of aromatic carboxylic acids is 1. The number of nitrogens with one attached hydrogen (secondary N) is 3. The summed E-state index contributed by atoms with van der Waals surface area (Å²) in [4.78, 5) is 53.5. The van der Waals surface area contributed by atoms with Crippen molar-refractivity contribution in [1.29, 1.82) is 0 Å². The number of carbonyl (C=O) groups is 4. The van der Waals surface area contributed by atoms with E-state index in [2.05, 4.69) is 20.9 Å². The van der Waals surface area contributed by atoms with E-state index in [0.717, 1.165) is 31.6 Å². The fourth-order valence-electron chi connectivity index (χ4n) is 5.48. The Bertz CT molecular complexity index is 1580. The van der Waals surface area contributed by atoms with Crippen molar-refractivity contribution >= 4 is 46.3 Å². The number of carboxylic acid groups (broad SMARTS) is 1. The second kappa shape index (κ2) is 12.9. The summed E-state index contributed by atoms with van der Waals surface area (Å²) in [5.41, 5.74) is 4.70. The zero-order valence-electron chi connectivity index (χ0n) is 24.3. The average Bonchev–Trinajstić information content (AvgIpc) is 3.14. The van der Waals surface area contributed by atoms with E-state index in [9.17, 15) is 24.3 Å². The average molecular weight is 582 g/mol. The molecule has 10 heteroatoms. The van der Waals surface area contributed by atoms with Gasteiger partial charge >= 0.3 is 5.97 Å². The highest BCUT2D eigenvalue weighted by molar-refractivity contribution is 6.37. The summed E-state index contributed by atoms with van der Waals surface area (Å²) in [6.45, 7) is 7.67. The number of hydrogen-bond acceptors (Lipinski definition) is 6. The minimum Gasteiger partial charge on any atom is -0.478 e. The fraction of sp³-hybridized carbons (Fsp3) is 0.273. The summed E-state index contributed by atoms with van der Waals surface area (Å²) in [7, 11) is 0. The van der Waals surface area contributed by atoms with E-state index in [-0.39, 0.29) is 23.3 Å². The maximum absolute atomic E-state index is 13.2. The number of benzene rings is 3. The molecule has 3 amide bonds. The number of carboxylic acids is 1. The van der Waals surface area contributed by atoms with Gasteiger partial charge < -0.3 is 26.0 Å².